The molecule has 2 heterocycles. The molecule has 7 nitrogen and oxygen atoms in total. The van der Waals surface area contributed by atoms with Gasteiger partial charge in [0.15, 0.2) is 0 Å². The van der Waals surface area contributed by atoms with Crippen molar-refractivity contribution in [3.05, 3.63) is 23.1 Å². The Kier molecular flexibility index (Phi) is 3.05. The van der Waals surface area contributed by atoms with Crippen molar-refractivity contribution in [1.29, 1.82) is 0 Å². The lowest BCUT2D eigenvalue weighted by Crippen LogP contribution is -2.21. The van der Waals surface area contributed by atoms with Crippen molar-refractivity contribution < 1.29 is 4.79 Å². The number of carbonyl (C=O) groups is 1. The summed E-state index contributed by atoms with van der Waals surface area (Å²) in [6.45, 7) is 5.55. The Labute approximate surface area is 105 Å². The van der Waals surface area contributed by atoms with Crippen LogP contribution >= 0.6 is 0 Å². The van der Waals surface area contributed by atoms with Gasteiger partial charge in [-0.05, 0) is 20.8 Å². The Morgan fingerprint density at radius 3 is 2.56 bits per heavy atom. The van der Waals surface area contributed by atoms with E-state index in [4.69, 9.17) is 0 Å². The van der Waals surface area contributed by atoms with Crippen LogP contribution in [0.5, 0.6) is 0 Å². The number of urea groups is 1. The summed E-state index contributed by atoms with van der Waals surface area (Å²) in [5.74, 6) is 0.642. The van der Waals surface area contributed by atoms with Gasteiger partial charge in [0.2, 0.25) is 0 Å². The zero-order chi connectivity index (χ0) is 13.3. The zero-order valence-corrected chi connectivity index (χ0v) is 10.8. The minimum Gasteiger partial charge on any atom is -0.304 e. The minimum absolute atomic E-state index is 0.314. The van der Waals surface area contributed by atoms with Crippen LogP contribution in [0.2, 0.25) is 0 Å². The Morgan fingerprint density at radius 2 is 2.06 bits per heavy atom. The third-order valence-electron chi connectivity index (χ3n) is 2.61. The summed E-state index contributed by atoms with van der Waals surface area (Å²) in [6.07, 6.45) is 0. The van der Waals surface area contributed by atoms with Gasteiger partial charge in [0.1, 0.15) is 5.82 Å². The molecule has 0 aliphatic heterocycles. The minimum atomic E-state index is -0.314. The van der Waals surface area contributed by atoms with Gasteiger partial charge in [-0.3, -0.25) is 15.1 Å². The van der Waals surface area contributed by atoms with E-state index in [0.29, 0.717) is 11.5 Å². The molecule has 18 heavy (non-hydrogen) atoms. The van der Waals surface area contributed by atoms with Gasteiger partial charge in [-0.25, -0.2) is 4.79 Å². The molecule has 0 bridgehead atoms. The van der Waals surface area contributed by atoms with Crippen LogP contribution in [-0.4, -0.2) is 26.0 Å². The van der Waals surface area contributed by atoms with Gasteiger partial charge in [-0.2, -0.15) is 10.2 Å². The molecular formula is C11H16N6O. The van der Waals surface area contributed by atoms with Crippen LogP contribution < -0.4 is 10.6 Å². The van der Waals surface area contributed by atoms with Crippen molar-refractivity contribution in [2.24, 2.45) is 7.05 Å². The molecule has 2 aromatic rings. The fourth-order valence-electron chi connectivity index (χ4n) is 1.72. The van der Waals surface area contributed by atoms with E-state index in [0.717, 1.165) is 17.1 Å². The van der Waals surface area contributed by atoms with Crippen LogP contribution in [0.3, 0.4) is 0 Å². The molecule has 0 fully saturated rings. The first-order chi connectivity index (χ1) is 8.47. The van der Waals surface area contributed by atoms with Gasteiger partial charge in [-0.1, -0.05) is 0 Å². The summed E-state index contributed by atoms with van der Waals surface area (Å²) in [6, 6.07) is 1.49. The number of carbonyl (C=O) groups excluding carboxylic acids is 1. The van der Waals surface area contributed by atoms with Gasteiger partial charge in [-0.15, -0.1) is 0 Å². The van der Waals surface area contributed by atoms with Crippen molar-refractivity contribution >= 4 is 17.5 Å². The third-order valence-corrected chi connectivity index (χ3v) is 2.61. The normalized spacial score (nSPS) is 10.4. The first-order valence-electron chi connectivity index (χ1n) is 5.57. The summed E-state index contributed by atoms with van der Waals surface area (Å²) in [5.41, 5.74) is 3.13. The van der Waals surface area contributed by atoms with E-state index in [2.05, 4.69) is 25.9 Å². The number of amides is 2. The standard InChI is InChI=1S/C11H16N6O/c1-6-5-9(17(4)16-6)12-11(18)13-10-7(2)14-15-8(10)3/h5H,1-4H3,(H,14,15)(H2,12,13,18). The molecule has 0 aromatic carbocycles. The van der Waals surface area contributed by atoms with Crippen molar-refractivity contribution in [3.8, 4) is 0 Å². The molecular weight excluding hydrogens is 232 g/mol. The third kappa shape index (κ3) is 2.34. The number of aromatic amines is 1. The van der Waals surface area contributed by atoms with Crippen LogP contribution in [0.4, 0.5) is 16.3 Å². The Balaban J connectivity index is 2.08. The lowest BCUT2D eigenvalue weighted by Gasteiger charge is -2.07. The van der Waals surface area contributed by atoms with Crippen LogP contribution in [-0.2, 0) is 7.05 Å². The van der Waals surface area contributed by atoms with E-state index in [9.17, 15) is 4.79 Å². The topological polar surface area (TPSA) is 87.6 Å². The van der Waals surface area contributed by atoms with E-state index in [1.807, 2.05) is 20.8 Å². The predicted molar refractivity (Wildman–Crippen MR) is 68.6 cm³/mol. The number of anilines is 2. The van der Waals surface area contributed by atoms with E-state index >= 15 is 0 Å². The summed E-state index contributed by atoms with van der Waals surface area (Å²) in [5, 5.41) is 16.5. The molecule has 3 N–H and O–H groups in total. The summed E-state index contributed by atoms with van der Waals surface area (Å²) < 4.78 is 1.62. The molecule has 0 radical (unpaired) electrons. The number of nitrogens with zero attached hydrogens (tertiary/aromatic N) is 3. The predicted octanol–water partition coefficient (Wildman–Crippen LogP) is 1.71. The van der Waals surface area contributed by atoms with Gasteiger partial charge < -0.3 is 5.32 Å². The van der Waals surface area contributed by atoms with Crippen molar-refractivity contribution in [3.63, 3.8) is 0 Å². The Hall–Kier alpha value is -2.31. The second-order valence-corrected chi connectivity index (χ2v) is 4.18. The Morgan fingerprint density at radius 1 is 1.33 bits per heavy atom. The molecule has 96 valence electrons. The van der Waals surface area contributed by atoms with Crippen molar-refractivity contribution in [1.82, 2.24) is 20.0 Å². The average molecular weight is 248 g/mol. The van der Waals surface area contributed by atoms with Gasteiger partial charge in [0.25, 0.3) is 0 Å². The first-order valence-corrected chi connectivity index (χ1v) is 5.57. The monoisotopic (exact) mass is 248 g/mol. The Bertz CT molecular complexity index is 563. The van der Waals surface area contributed by atoms with Crippen molar-refractivity contribution in [2.45, 2.75) is 20.8 Å². The van der Waals surface area contributed by atoms with Gasteiger partial charge >= 0.3 is 6.03 Å². The van der Waals surface area contributed by atoms with Crippen LogP contribution in [0.25, 0.3) is 0 Å². The second-order valence-electron chi connectivity index (χ2n) is 4.18. The summed E-state index contributed by atoms with van der Waals surface area (Å²) in [7, 11) is 1.77. The van der Waals surface area contributed by atoms with Gasteiger partial charge in [0.05, 0.1) is 22.8 Å². The number of hydrogen-bond acceptors (Lipinski definition) is 3. The molecule has 0 aliphatic carbocycles. The maximum Gasteiger partial charge on any atom is 0.324 e. The molecule has 2 aromatic heterocycles. The fourth-order valence-corrected chi connectivity index (χ4v) is 1.72. The molecule has 2 amide bonds. The number of nitrogens with one attached hydrogen (secondary N) is 3. The zero-order valence-electron chi connectivity index (χ0n) is 10.8. The summed E-state index contributed by atoms with van der Waals surface area (Å²) in [4.78, 5) is 11.8. The molecule has 0 atom stereocenters. The smallest absolute Gasteiger partial charge is 0.304 e. The lowest BCUT2D eigenvalue weighted by atomic mass is 10.3. The SMILES string of the molecule is Cc1cc(NC(=O)Nc2c(C)n[nH]c2C)n(C)n1. The van der Waals surface area contributed by atoms with Crippen LogP contribution in [0.1, 0.15) is 17.1 Å². The molecule has 0 saturated carbocycles. The summed E-state index contributed by atoms with van der Waals surface area (Å²) >= 11 is 0. The highest BCUT2D eigenvalue weighted by atomic mass is 16.2. The van der Waals surface area contributed by atoms with Gasteiger partial charge in [0, 0.05) is 13.1 Å². The van der Waals surface area contributed by atoms with Crippen molar-refractivity contribution in [2.75, 3.05) is 10.6 Å². The van der Waals surface area contributed by atoms with E-state index in [1.165, 1.54) is 0 Å². The lowest BCUT2D eigenvalue weighted by molar-refractivity contribution is 0.262. The molecule has 7 heteroatoms. The number of rotatable bonds is 2. The number of aryl methyl sites for hydroxylation is 4. The number of hydrogen-bond donors (Lipinski definition) is 3. The maximum atomic E-state index is 11.8. The average Bonchev–Trinajstić information content (AvgIpc) is 2.75. The molecule has 0 saturated heterocycles. The molecule has 2 rings (SSSR count). The molecule has 0 spiro atoms. The highest BCUT2D eigenvalue weighted by Gasteiger charge is 2.11. The van der Waals surface area contributed by atoms with E-state index in [1.54, 1.807) is 17.8 Å². The van der Waals surface area contributed by atoms with E-state index in [-0.39, 0.29) is 6.03 Å². The number of aromatic nitrogens is 4. The molecule has 0 aliphatic rings. The first kappa shape index (κ1) is 12.2. The molecule has 0 unspecified atom stereocenters. The highest BCUT2D eigenvalue weighted by molar-refractivity contribution is 5.99. The highest BCUT2D eigenvalue weighted by Crippen LogP contribution is 2.16. The fraction of sp³-hybridized carbons (Fsp3) is 0.364. The van der Waals surface area contributed by atoms with Crippen LogP contribution in [0.15, 0.2) is 6.07 Å². The quantitative estimate of drug-likeness (QED) is 0.756. The number of H-pyrrole nitrogens is 1. The second kappa shape index (κ2) is 4.52. The maximum absolute atomic E-state index is 11.8. The van der Waals surface area contributed by atoms with Crippen LogP contribution in [0, 0.1) is 20.8 Å². The largest absolute Gasteiger partial charge is 0.324 e. The van der Waals surface area contributed by atoms with E-state index < -0.39 is 0 Å².